The van der Waals surface area contributed by atoms with Gasteiger partial charge in [0, 0.05) is 0 Å². The molecule has 0 fully saturated rings. The first-order valence-electron chi connectivity index (χ1n) is 12.3. The first-order valence-corrected chi connectivity index (χ1v) is 12.3. The third-order valence-corrected chi connectivity index (χ3v) is 6.75. The van der Waals surface area contributed by atoms with Crippen LogP contribution in [-0.2, 0) is 10.8 Å². The van der Waals surface area contributed by atoms with Crippen LogP contribution in [0.1, 0.15) is 103 Å². The molecule has 0 aliphatic heterocycles. The second-order valence-corrected chi connectivity index (χ2v) is 11.5. The molecule has 0 heteroatoms. The van der Waals surface area contributed by atoms with Gasteiger partial charge in [-0.1, -0.05) is 121 Å². The van der Waals surface area contributed by atoms with Crippen molar-refractivity contribution < 1.29 is 0 Å². The van der Waals surface area contributed by atoms with E-state index in [0.717, 1.165) is 6.42 Å². The average molecular weight is 427 g/mol. The molecule has 0 saturated carbocycles. The smallest absolute Gasteiger partial charge is 0.00142 e. The standard InChI is InChI=1S/C32H42/c1-9-10-11-23(2)30-22-26(24-12-17-27(18-13-24)31(3,4)5)16-21-29(30)25-14-19-28(20-15-25)32(6,7)8/h12-21H,9-11,22H2,1-8H3/b30-23-. The first-order chi connectivity index (χ1) is 15.0. The molecular formula is C32H42. The highest BCUT2D eigenvalue weighted by molar-refractivity contribution is 5.89. The normalized spacial score (nSPS) is 16.5. The quantitative estimate of drug-likeness (QED) is 0.446. The zero-order chi connectivity index (χ0) is 23.5. The van der Waals surface area contributed by atoms with Crippen LogP contribution in [0.15, 0.2) is 71.8 Å². The van der Waals surface area contributed by atoms with Gasteiger partial charge in [0.2, 0.25) is 0 Å². The minimum Gasteiger partial charge on any atom is -0.0692 e. The lowest BCUT2D eigenvalue weighted by Gasteiger charge is -2.24. The molecule has 0 aromatic heterocycles. The van der Waals surface area contributed by atoms with E-state index in [1.54, 1.807) is 0 Å². The summed E-state index contributed by atoms with van der Waals surface area (Å²) in [7, 11) is 0. The largest absolute Gasteiger partial charge is 0.0692 e. The molecule has 0 bridgehead atoms. The molecular weight excluding hydrogens is 384 g/mol. The number of benzene rings is 2. The molecule has 1 aliphatic rings. The third-order valence-electron chi connectivity index (χ3n) is 6.75. The third kappa shape index (κ3) is 5.71. The topological polar surface area (TPSA) is 0 Å². The fraction of sp³-hybridized carbons (Fsp3) is 0.438. The summed E-state index contributed by atoms with van der Waals surface area (Å²) < 4.78 is 0. The van der Waals surface area contributed by atoms with Gasteiger partial charge in [-0.25, -0.2) is 0 Å². The van der Waals surface area contributed by atoms with Gasteiger partial charge in [-0.15, -0.1) is 0 Å². The fourth-order valence-corrected chi connectivity index (χ4v) is 4.41. The van der Waals surface area contributed by atoms with Crippen LogP contribution in [0.4, 0.5) is 0 Å². The Morgan fingerprint density at radius 3 is 1.69 bits per heavy atom. The minimum atomic E-state index is 0.182. The van der Waals surface area contributed by atoms with Gasteiger partial charge in [-0.3, -0.25) is 0 Å². The molecule has 0 unspecified atom stereocenters. The first kappa shape index (κ1) is 24.3. The maximum absolute atomic E-state index is 2.35. The molecule has 0 radical (unpaired) electrons. The number of unbranched alkanes of at least 4 members (excludes halogenated alkanes) is 1. The molecule has 0 heterocycles. The molecule has 2 aromatic rings. The molecule has 3 rings (SSSR count). The van der Waals surface area contributed by atoms with Gasteiger partial charge >= 0.3 is 0 Å². The summed E-state index contributed by atoms with van der Waals surface area (Å²) in [6, 6.07) is 18.5. The van der Waals surface area contributed by atoms with Crippen LogP contribution in [0, 0.1) is 0 Å². The van der Waals surface area contributed by atoms with Crippen LogP contribution >= 0.6 is 0 Å². The molecule has 2 aromatic carbocycles. The highest BCUT2D eigenvalue weighted by Crippen LogP contribution is 2.39. The van der Waals surface area contributed by atoms with E-state index < -0.39 is 0 Å². The fourth-order valence-electron chi connectivity index (χ4n) is 4.41. The monoisotopic (exact) mass is 426 g/mol. The summed E-state index contributed by atoms with van der Waals surface area (Å²) in [5.74, 6) is 0. The lowest BCUT2D eigenvalue weighted by molar-refractivity contribution is 0.590. The predicted octanol–water partition coefficient (Wildman–Crippen LogP) is 9.66. The van der Waals surface area contributed by atoms with Crippen molar-refractivity contribution in [2.45, 2.75) is 91.9 Å². The van der Waals surface area contributed by atoms with E-state index >= 15 is 0 Å². The average Bonchev–Trinajstić information content (AvgIpc) is 2.76. The summed E-state index contributed by atoms with van der Waals surface area (Å²) in [6.07, 6.45) is 9.38. The van der Waals surface area contributed by atoms with Crippen molar-refractivity contribution in [3.05, 3.63) is 94.1 Å². The van der Waals surface area contributed by atoms with Crippen molar-refractivity contribution in [3.8, 4) is 0 Å². The molecule has 170 valence electrons. The number of hydrogen-bond donors (Lipinski definition) is 0. The maximum atomic E-state index is 2.35. The van der Waals surface area contributed by atoms with Crippen LogP contribution in [-0.4, -0.2) is 0 Å². The van der Waals surface area contributed by atoms with Gasteiger partial charge in [-0.2, -0.15) is 0 Å². The number of allylic oxidation sites excluding steroid dienone is 6. The van der Waals surface area contributed by atoms with E-state index in [1.807, 2.05) is 0 Å². The van der Waals surface area contributed by atoms with Crippen molar-refractivity contribution in [2.24, 2.45) is 0 Å². The molecule has 0 amide bonds. The second kappa shape index (κ2) is 9.65. The van der Waals surface area contributed by atoms with Crippen molar-refractivity contribution >= 4 is 11.1 Å². The lowest BCUT2D eigenvalue weighted by Crippen LogP contribution is -2.11. The SMILES string of the molecule is CCCC/C(C)=C1/CC(c2ccc(C(C)(C)C)cc2)=CC=C1c1ccc(C(C)(C)C)cc1. The highest BCUT2D eigenvalue weighted by atomic mass is 14.2. The Balaban J connectivity index is 2.00. The van der Waals surface area contributed by atoms with Crippen LogP contribution in [0.25, 0.3) is 11.1 Å². The molecule has 1 aliphatic carbocycles. The van der Waals surface area contributed by atoms with E-state index in [9.17, 15) is 0 Å². The van der Waals surface area contributed by atoms with Crippen molar-refractivity contribution in [3.63, 3.8) is 0 Å². The van der Waals surface area contributed by atoms with Gasteiger partial charge in [0.05, 0.1) is 0 Å². The Bertz CT molecular complexity index is 1010. The second-order valence-electron chi connectivity index (χ2n) is 11.5. The Kier molecular flexibility index (Phi) is 7.33. The van der Waals surface area contributed by atoms with Gasteiger partial charge in [0.15, 0.2) is 0 Å². The summed E-state index contributed by atoms with van der Waals surface area (Å²) in [4.78, 5) is 0. The summed E-state index contributed by atoms with van der Waals surface area (Å²) in [5.41, 5.74) is 11.7. The van der Waals surface area contributed by atoms with Crippen molar-refractivity contribution in [2.75, 3.05) is 0 Å². The van der Waals surface area contributed by atoms with Crippen molar-refractivity contribution in [1.82, 2.24) is 0 Å². The molecule has 0 atom stereocenters. The van der Waals surface area contributed by atoms with E-state index in [0.29, 0.717) is 0 Å². The minimum absolute atomic E-state index is 0.182. The molecule has 32 heavy (non-hydrogen) atoms. The molecule has 0 saturated heterocycles. The van der Waals surface area contributed by atoms with E-state index in [4.69, 9.17) is 0 Å². The van der Waals surface area contributed by atoms with Crippen LogP contribution in [0.3, 0.4) is 0 Å². The molecule has 0 spiro atoms. The Labute approximate surface area is 197 Å². The maximum Gasteiger partial charge on any atom is -0.00142 e. The Morgan fingerprint density at radius 2 is 1.22 bits per heavy atom. The summed E-state index contributed by atoms with van der Waals surface area (Å²) in [5, 5.41) is 0. The molecule has 0 nitrogen and oxygen atoms in total. The van der Waals surface area contributed by atoms with E-state index in [1.165, 1.54) is 63.8 Å². The van der Waals surface area contributed by atoms with Gasteiger partial charge < -0.3 is 0 Å². The summed E-state index contributed by atoms with van der Waals surface area (Å²) in [6.45, 7) is 18.3. The van der Waals surface area contributed by atoms with Gasteiger partial charge in [0.25, 0.3) is 0 Å². The molecule has 0 N–H and O–H groups in total. The van der Waals surface area contributed by atoms with E-state index in [-0.39, 0.29) is 10.8 Å². The van der Waals surface area contributed by atoms with E-state index in [2.05, 4.69) is 116 Å². The lowest BCUT2D eigenvalue weighted by atomic mass is 9.80. The van der Waals surface area contributed by atoms with Gasteiger partial charge in [-0.05, 0) is 76.0 Å². The van der Waals surface area contributed by atoms with Gasteiger partial charge in [0.1, 0.15) is 0 Å². The number of rotatable bonds is 5. The van der Waals surface area contributed by atoms with Crippen LogP contribution in [0.2, 0.25) is 0 Å². The Hall–Kier alpha value is -2.34. The zero-order valence-corrected chi connectivity index (χ0v) is 21.6. The Morgan fingerprint density at radius 1 is 0.719 bits per heavy atom. The summed E-state index contributed by atoms with van der Waals surface area (Å²) >= 11 is 0. The zero-order valence-electron chi connectivity index (χ0n) is 21.6. The van der Waals surface area contributed by atoms with Crippen LogP contribution < -0.4 is 0 Å². The van der Waals surface area contributed by atoms with Crippen molar-refractivity contribution in [1.29, 1.82) is 0 Å². The number of hydrogen-bond acceptors (Lipinski definition) is 0. The predicted molar refractivity (Wildman–Crippen MR) is 143 cm³/mol. The highest BCUT2D eigenvalue weighted by Gasteiger charge is 2.20. The van der Waals surface area contributed by atoms with Crippen LogP contribution in [0.5, 0.6) is 0 Å².